The Hall–Kier alpha value is -1.32. The molecule has 0 heterocycles. The maximum absolute atomic E-state index is 12.4. The van der Waals surface area contributed by atoms with Crippen LogP contribution in [0.15, 0.2) is 11.6 Å². The SMILES string of the molecule is O=C(NCCC1=CCCCC1)C1(C(=O)NC2CCCC2)CC1. The molecule has 4 nitrogen and oxygen atoms in total. The third-order valence-corrected chi connectivity index (χ3v) is 5.43. The Kier molecular flexibility index (Phi) is 4.84. The van der Waals surface area contributed by atoms with E-state index in [2.05, 4.69) is 16.7 Å². The first-order valence-corrected chi connectivity index (χ1v) is 8.98. The zero-order valence-electron chi connectivity index (χ0n) is 13.5. The fraction of sp³-hybridized carbons (Fsp3) is 0.778. The third kappa shape index (κ3) is 3.53. The van der Waals surface area contributed by atoms with Gasteiger partial charge in [-0.2, -0.15) is 0 Å². The fourth-order valence-electron chi connectivity index (χ4n) is 3.71. The Morgan fingerprint density at radius 3 is 2.50 bits per heavy atom. The van der Waals surface area contributed by atoms with E-state index in [4.69, 9.17) is 0 Å². The van der Waals surface area contributed by atoms with Gasteiger partial charge in [0.05, 0.1) is 0 Å². The van der Waals surface area contributed by atoms with Crippen LogP contribution in [0.25, 0.3) is 0 Å². The van der Waals surface area contributed by atoms with Gasteiger partial charge in [-0.15, -0.1) is 0 Å². The minimum Gasteiger partial charge on any atom is -0.355 e. The maximum Gasteiger partial charge on any atom is 0.235 e. The summed E-state index contributed by atoms with van der Waals surface area (Å²) in [7, 11) is 0. The summed E-state index contributed by atoms with van der Waals surface area (Å²) in [6, 6.07) is 0.296. The molecule has 0 spiro atoms. The van der Waals surface area contributed by atoms with E-state index in [-0.39, 0.29) is 11.8 Å². The number of rotatable bonds is 6. The summed E-state index contributed by atoms with van der Waals surface area (Å²) in [6.07, 6.45) is 14.1. The Bertz CT molecular complexity index is 460. The van der Waals surface area contributed by atoms with Gasteiger partial charge in [-0.25, -0.2) is 0 Å². The highest BCUT2D eigenvalue weighted by Gasteiger charge is 2.56. The van der Waals surface area contributed by atoms with Crippen molar-refractivity contribution in [2.24, 2.45) is 5.41 Å². The van der Waals surface area contributed by atoms with Gasteiger partial charge in [-0.3, -0.25) is 9.59 Å². The Balaban J connectivity index is 1.44. The summed E-state index contributed by atoms with van der Waals surface area (Å²) in [4.78, 5) is 24.8. The predicted molar refractivity (Wildman–Crippen MR) is 86.2 cm³/mol. The molecule has 0 aliphatic heterocycles. The van der Waals surface area contributed by atoms with E-state index in [0.717, 1.165) is 19.3 Å². The first kappa shape index (κ1) is 15.6. The smallest absolute Gasteiger partial charge is 0.235 e. The molecule has 122 valence electrons. The second-order valence-electron chi connectivity index (χ2n) is 7.15. The molecular formula is C18H28N2O2. The number of nitrogens with one attached hydrogen (secondary N) is 2. The number of carbonyl (C=O) groups excluding carboxylic acids is 2. The third-order valence-electron chi connectivity index (χ3n) is 5.43. The van der Waals surface area contributed by atoms with Gasteiger partial charge >= 0.3 is 0 Å². The second-order valence-corrected chi connectivity index (χ2v) is 7.15. The van der Waals surface area contributed by atoms with Gasteiger partial charge in [0.1, 0.15) is 5.41 Å². The topological polar surface area (TPSA) is 58.2 Å². The minimum absolute atomic E-state index is 0.0335. The van der Waals surface area contributed by atoms with Crippen LogP contribution in [-0.4, -0.2) is 24.4 Å². The van der Waals surface area contributed by atoms with Crippen LogP contribution in [0, 0.1) is 5.41 Å². The lowest BCUT2D eigenvalue weighted by Gasteiger charge is -2.19. The average molecular weight is 304 g/mol. The minimum atomic E-state index is -0.746. The van der Waals surface area contributed by atoms with E-state index in [1.165, 1.54) is 44.1 Å². The van der Waals surface area contributed by atoms with E-state index in [1.807, 2.05) is 0 Å². The lowest BCUT2D eigenvalue weighted by molar-refractivity contribution is -0.137. The molecule has 3 aliphatic rings. The summed E-state index contributed by atoms with van der Waals surface area (Å²) in [5, 5.41) is 6.09. The molecule has 2 N–H and O–H groups in total. The van der Waals surface area contributed by atoms with Gasteiger partial charge in [0.2, 0.25) is 11.8 Å². The molecule has 22 heavy (non-hydrogen) atoms. The van der Waals surface area contributed by atoms with Crippen molar-refractivity contribution in [1.29, 1.82) is 0 Å². The van der Waals surface area contributed by atoms with Crippen molar-refractivity contribution in [2.45, 2.75) is 76.7 Å². The summed E-state index contributed by atoms with van der Waals surface area (Å²) in [5.74, 6) is -0.0896. The highest BCUT2D eigenvalue weighted by Crippen LogP contribution is 2.46. The van der Waals surface area contributed by atoms with Crippen LogP contribution in [0.3, 0.4) is 0 Å². The molecule has 3 aliphatic carbocycles. The Labute approximate surface area is 133 Å². The van der Waals surface area contributed by atoms with Crippen LogP contribution in [-0.2, 0) is 9.59 Å². The fourth-order valence-corrected chi connectivity index (χ4v) is 3.71. The van der Waals surface area contributed by atoms with Crippen molar-refractivity contribution in [2.75, 3.05) is 6.54 Å². The highest BCUT2D eigenvalue weighted by molar-refractivity contribution is 6.07. The quantitative estimate of drug-likeness (QED) is 0.585. The normalized spacial score (nSPS) is 23.7. The van der Waals surface area contributed by atoms with Gasteiger partial charge in [0, 0.05) is 12.6 Å². The van der Waals surface area contributed by atoms with Crippen LogP contribution in [0.5, 0.6) is 0 Å². The van der Waals surface area contributed by atoms with Crippen LogP contribution in [0.4, 0.5) is 0 Å². The number of carbonyl (C=O) groups is 2. The zero-order chi connectivity index (χ0) is 15.4. The lowest BCUT2D eigenvalue weighted by atomic mass is 9.97. The van der Waals surface area contributed by atoms with Gasteiger partial charge in [-0.05, 0) is 57.8 Å². The maximum atomic E-state index is 12.4. The van der Waals surface area contributed by atoms with E-state index in [0.29, 0.717) is 25.4 Å². The Morgan fingerprint density at radius 1 is 1.09 bits per heavy atom. The monoisotopic (exact) mass is 304 g/mol. The predicted octanol–water partition coefficient (Wildman–Crippen LogP) is 2.83. The number of allylic oxidation sites excluding steroid dienone is 1. The van der Waals surface area contributed by atoms with Crippen LogP contribution < -0.4 is 10.6 Å². The van der Waals surface area contributed by atoms with Crippen molar-refractivity contribution in [3.8, 4) is 0 Å². The van der Waals surface area contributed by atoms with Gasteiger partial charge in [0.15, 0.2) is 0 Å². The largest absolute Gasteiger partial charge is 0.355 e. The highest BCUT2D eigenvalue weighted by atomic mass is 16.2. The molecule has 4 heteroatoms. The van der Waals surface area contributed by atoms with Gasteiger partial charge < -0.3 is 10.6 Å². The molecule has 2 saturated carbocycles. The summed E-state index contributed by atoms with van der Waals surface area (Å²) >= 11 is 0. The Morgan fingerprint density at radius 2 is 1.86 bits per heavy atom. The van der Waals surface area contributed by atoms with Crippen molar-refractivity contribution >= 4 is 11.8 Å². The van der Waals surface area contributed by atoms with E-state index >= 15 is 0 Å². The summed E-state index contributed by atoms with van der Waals surface area (Å²) in [6.45, 7) is 0.670. The molecule has 0 unspecified atom stereocenters. The molecular weight excluding hydrogens is 276 g/mol. The van der Waals surface area contributed by atoms with E-state index in [1.54, 1.807) is 0 Å². The molecule has 2 fully saturated rings. The van der Waals surface area contributed by atoms with Crippen molar-refractivity contribution in [3.63, 3.8) is 0 Å². The first-order valence-electron chi connectivity index (χ1n) is 8.98. The molecule has 0 atom stereocenters. The molecule has 2 amide bonds. The molecule has 0 saturated heterocycles. The van der Waals surface area contributed by atoms with Crippen molar-refractivity contribution in [3.05, 3.63) is 11.6 Å². The van der Waals surface area contributed by atoms with E-state index in [9.17, 15) is 9.59 Å². The standard InChI is InChI=1S/C18H28N2O2/c21-16(19-13-10-14-6-2-1-3-7-14)18(11-12-18)17(22)20-15-8-4-5-9-15/h6,15H,1-5,7-13H2,(H,19,21)(H,20,22). The molecule has 3 rings (SSSR count). The van der Waals surface area contributed by atoms with Crippen molar-refractivity contribution < 1.29 is 9.59 Å². The number of hydrogen-bond donors (Lipinski definition) is 2. The average Bonchev–Trinajstić information content (AvgIpc) is 3.20. The summed E-state index contributed by atoms with van der Waals surface area (Å²) in [5.41, 5.74) is 0.718. The summed E-state index contributed by atoms with van der Waals surface area (Å²) < 4.78 is 0. The van der Waals surface area contributed by atoms with E-state index < -0.39 is 5.41 Å². The number of hydrogen-bond acceptors (Lipinski definition) is 2. The van der Waals surface area contributed by atoms with Gasteiger partial charge in [0.25, 0.3) is 0 Å². The zero-order valence-corrected chi connectivity index (χ0v) is 13.5. The van der Waals surface area contributed by atoms with Crippen molar-refractivity contribution in [1.82, 2.24) is 10.6 Å². The number of amides is 2. The molecule has 0 aromatic heterocycles. The first-order chi connectivity index (χ1) is 10.7. The molecule has 0 radical (unpaired) electrons. The van der Waals surface area contributed by atoms with Crippen LogP contribution in [0.1, 0.15) is 70.6 Å². The van der Waals surface area contributed by atoms with Gasteiger partial charge in [-0.1, -0.05) is 24.5 Å². The molecule has 0 bridgehead atoms. The van der Waals surface area contributed by atoms with Crippen LogP contribution >= 0.6 is 0 Å². The lowest BCUT2D eigenvalue weighted by Crippen LogP contribution is -2.46. The molecule has 0 aromatic carbocycles. The molecule has 0 aromatic rings. The second kappa shape index (κ2) is 6.84. The van der Waals surface area contributed by atoms with Crippen LogP contribution in [0.2, 0.25) is 0 Å².